The van der Waals surface area contributed by atoms with Gasteiger partial charge in [-0.2, -0.15) is 0 Å². The first kappa shape index (κ1) is 12.6. The Bertz CT molecular complexity index is 435. The van der Waals surface area contributed by atoms with Gasteiger partial charge in [0.1, 0.15) is 5.82 Å². The summed E-state index contributed by atoms with van der Waals surface area (Å²) < 4.78 is 13.7. The van der Waals surface area contributed by atoms with Gasteiger partial charge in [0.05, 0.1) is 4.47 Å². The van der Waals surface area contributed by atoms with Gasteiger partial charge in [0.2, 0.25) is 0 Å². The molecule has 1 amide bonds. The molecule has 1 saturated carbocycles. The number of halogens is 2. The highest BCUT2D eigenvalue weighted by Crippen LogP contribution is 2.25. The van der Waals surface area contributed by atoms with Gasteiger partial charge in [-0.25, -0.2) is 4.39 Å². The van der Waals surface area contributed by atoms with Crippen LogP contribution in [0.25, 0.3) is 0 Å². The Morgan fingerprint density at radius 1 is 1.47 bits per heavy atom. The Morgan fingerprint density at radius 2 is 2.24 bits per heavy atom. The van der Waals surface area contributed by atoms with Crippen molar-refractivity contribution in [1.82, 2.24) is 5.32 Å². The normalized spacial score (nSPS) is 23.7. The van der Waals surface area contributed by atoms with Crippen molar-refractivity contribution in [3.63, 3.8) is 0 Å². The van der Waals surface area contributed by atoms with E-state index < -0.39 is 5.82 Å². The molecule has 1 aliphatic carbocycles. The second-order valence-corrected chi connectivity index (χ2v) is 5.47. The summed E-state index contributed by atoms with van der Waals surface area (Å²) in [4.78, 5) is 11.9. The Labute approximate surface area is 109 Å². The maximum Gasteiger partial charge on any atom is 0.251 e. The molecule has 4 heteroatoms. The molecular weight excluding hydrogens is 285 g/mol. The molecule has 0 aromatic heterocycles. The number of hydrogen-bond donors (Lipinski definition) is 1. The summed E-state index contributed by atoms with van der Waals surface area (Å²) in [6.45, 7) is 2.14. The van der Waals surface area contributed by atoms with Crippen molar-refractivity contribution in [3.8, 4) is 0 Å². The van der Waals surface area contributed by atoms with Crippen LogP contribution in [0.15, 0.2) is 22.7 Å². The van der Waals surface area contributed by atoms with Crippen LogP contribution in [0.5, 0.6) is 0 Å². The molecule has 1 aromatic carbocycles. The lowest BCUT2D eigenvalue weighted by molar-refractivity contribution is 0.0929. The number of amides is 1. The number of rotatable bonds is 2. The third-order valence-corrected chi connectivity index (χ3v) is 4.00. The molecule has 0 saturated heterocycles. The van der Waals surface area contributed by atoms with E-state index in [9.17, 15) is 9.18 Å². The van der Waals surface area contributed by atoms with Crippen molar-refractivity contribution >= 4 is 21.8 Å². The molecule has 2 rings (SSSR count). The highest BCUT2D eigenvalue weighted by Gasteiger charge is 2.25. The Hall–Kier alpha value is -0.900. The predicted molar refractivity (Wildman–Crippen MR) is 68.4 cm³/mol. The lowest BCUT2D eigenvalue weighted by atomic mass is 10.1. The van der Waals surface area contributed by atoms with Gasteiger partial charge < -0.3 is 5.32 Å². The average molecular weight is 300 g/mol. The largest absolute Gasteiger partial charge is 0.349 e. The maximum absolute atomic E-state index is 13.3. The van der Waals surface area contributed by atoms with Gasteiger partial charge in [0, 0.05) is 11.6 Å². The number of hydrogen-bond acceptors (Lipinski definition) is 1. The van der Waals surface area contributed by atoms with Crippen LogP contribution in [0.3, 0.4) is 0 Å². The first-order valence-corrected chi connectivity index (χ1v) is 6.63. The van der Waals surface area contributed by atoms with Crippen LogP contribution in [0, 0.1) is 11.7 Å². The summed E-state index contributed by atoms with van der Waals surface area (Å²) in [6, 6.07) is 4.68. The van der Waals surface area contributed by atoms with Gasteiger partial charge in [-0.1, -0.05) is 13.3 Å². The van der Waals surface area contributed by atoms with E-state index >= 15 is 0 Å². The van der Waals surface area contributed by atoms with Gasteiger partial charge in [-0.3, -0.25) is 4.79 Å². The van der Waals surface area contributed by atoms with Crippen molar-refractivity contribution < 1.29 is 9.18 Å². The predicted octanol–water partition coefficient (Wildman–Crippen LogP) is 3.51. The highest BCUT2D eigenvalue weighted by atomic mass is 79.9. The van der Waals surface area contributed by atoms with Gasteiger partial charge in [-0.05, 0) is 52.9 Å². The van der Waals surface area contributed by atoms with Crippen molar-refractivity contribution in [1.29, 1.82) is 0 Å². The van der Waals surface area contributed by atoms with Crippen molar-refractivity contribution in [2.45, 2.75) is 32.2 Å². The summed E-state index contributed by atoms with van der Waals surface area (Å²) >= 11 is 3.07. The van der Waals surface area contributed by atoms with E-state index in [1.807, 2.05) is 0 Å². The van der Waals surface area contributed by atoms with Crippen LogP contribution in [0.1, 0.15) is 36.5 Å². The van der Waals surface area contributed by atoms with Crippen LogP contribution in [0.4, 0.5) is 4.39 Å². The third-order valence-electron chi connectivity index (χ3n) is 3.36. The lowest BCUT2D eigenvalue weighted by Gasteiger charge is -2.17. The van der Waals surface area contributed by atoms with E-state index in [0.717, 1.165) is 19.3 Å². The second kappa shape index (κ2) is 5.17. The van der Waals surface area contributed by atoms with Crippen LogP contribution in [-0.4, -0.2) is 11.9 Å². The van der Waals surface area contributed by atoms with E-state index in [-0.39, 0.29) is 11.9 Å². The van der Waals surface area contributed by atoms with E-state index in [1.165, 1.54) is 6.07 Å². The van der Waals surface area contributed by atoms with E-state index in [4.69, 9.17) is 0 Å². The molecule has 0 heterocycles. The molecule has 2 nitrogen and oxygen atoms in total. The zero-order chi connectivity index (χ0) is 12.4. The van der Waals surface area contributed by atoms with Gasteiger partial charge in [0.25, 0.3) is 5.91 Å². The Balaban J connectivity index is 2.06. The van der Waals surface area contributed by atoms with Gasteiger partial charge >= 0.3 is 0 Å². The molecule has 0 spiro atoms. The van der Waals surface area contributed by atoms with E-state index in [2.05, 4.69) is 28.2 Å². The minimum atomic E-state index is -0.405. The van der Waals surface area contributed by atoms with Crippen LogP contribution < -0.4 is 5.32 Å². The number of nitrogens with one attached hydrogen (secondary N) is 1. The molecule has 1 N–H and O–H groups in total. The summed E-state index contributed by atoms with van der Waals surface area (Å²) in [5, 5.41) is 2.97. The molecular formula is C13H15BrFNO. The second-order valence-electron chi connectivity index (χ2n) is 4.62. The number of benzene rings is 1. The fourth-order valence-corrected chi connectivity index (χ4v) is 2.50. The summed E-state index contributed by atoms with van der Waals surface area (Å²) in [6.07, 6.45) is 3.33. The molecule has 1 aromatic rings. The van der Waals surface area contributed by atoms with Crippen LogP contribution >= 0.6 is 15.9 Å². The van der Waals surface area contributed by atoms with Crippen molar-refractivity contribution in [2.24, 2.45) is 5.92 Å². The van der Waals surface area contributed by atoms with Crippen molar-refractivity contribution in [2.75, 3.05) is 0 Å². The standard InChI is InChI=1S/C13H15BrFNO/c1-8-3-2-4-12(8)16-13(17)9-5-6-10(14)11(15)7-9/h5-8,12H,2-4H2,1H3,(H,16,17). The summed E-state index contributed by atoms with van der Waals surface area (Å²) in [5.74, 6) is -0.0773. The quantitative estimate of drug-likeness (QED) is 0.890. The molecule has 1 aliphatic rings. The minimum absolute atomic E-state index is 0.185. The summed E-state index contributed by atoms with van der Waals surface area (Å²) in [5.41, 5.74) is 0.379. The van der Waals surface area contributed by atoms with Crippen molar-refractivity contribution in [3.05, 3.63) is 34.1 Å². The Morgan fingerprint density at radius 3 is 2.82 bits per heavy atom. The lowest BCUT2D eigenvalue weighted by Crippen LogP contribution is -2.36. The SMILES string of the molecule is CC1CCCC1NC(=O)c1ccc(Br)c(F)c1. The molecule has 17 heavy (non-hydrogen) atoms. The van der Waals surface area contributed by atoms with Crippen LogP contribution in [0.2, 0.25) is 0 Å². The van der Waals surface area contributed by atoms with E-state index in [1.54, 1.807) is 12.1 Å². The number of carbonyl (C=O) groups is 1. The molecule has 2 unspecified atom stereocenters. The van der Waals surface area contributed by atoms with Crippen LogP contribution in [-0.2, 0) is 0 Å². The number of carbonyl (C=O) groups excluding carboxylic acids is 1. The first-order chi connectivity index (χ1) is 8.08. The fourth-order valence-electron chi connectivity index (χ4n) is 2.25. The highest BCUT2D eigenvalue weighted by molar-refractivity contribution is 9.10. The monoisotopic (exact) mass is 299 g/mol. The smallest absolute Gasteiger partial charge is 0.251 e. The Kier molecular flexibility index (Phi) is 3.82. The molecule has 0 aliphatic heterocycles. The molecule has 0 radical (unpaired) electrons. The molecule has 0 bridgehead atoms. The topological polar surface area (TPSA) is 29.1 Å². The maximum atomic E-state index is 13.3. The molecule has 2 atom stereocenters. The zero-order valence-electron chi connectivity index (χ0n) is 9.67. The van der Waals surface area contributed by atoms with E-state index in [0.29, 0.717) is 16.0 Å². The zero-order valence-corrected chi connectivity index (χ0v) is 11.3. The first-order valence-electron chi connectivity index (χ1n) is 5.84. The molecule has 92 valence electrons. The average Bonchev–Trinajstić information content (AvgIpc) is 2.68. The third kappa shape index (κ3) is 2.86. The fraction of sp³-hybridized carbons (Fsp3) is 0.462. The molecule has 1 fully saturated rings. The minimum Gasteiger partial charge on any atom is -0.349 e. The summed E-state index contributed by atoms with van der Waals surface area (Å²) in [7, 11) is 0. The van der Waals surface area contributed by atoms with Gasteiger partial charge in [0.15, 0.2) is 0 Å². The van der Waals surface area contributed by atoms with Gasteiger partial charge in [-0.15, -0.1) is 0 Å².